The summed E-state index contributed by atoms with van der Waals surface area (Å²) in [6.07, 6.45) is 8.12. The van der Waals surface area contributed by atoms with E-state index in [0.29, 0.717) is 0 Å². The Bertz CT molecular complexity index is 2370. The minimum atomic E-state index is 0.175. The summed E-state index contributed by atoms with van der Waals surface area (Å²) in [7, 11) is 0. The molecule has 0 fully saturated rings. The van der Waals surface area contributed by atoms with Gasteiger partial charge in [-0.3, -0.25) is 0 Å². The molecule has 0 unspecified atom stereocenters. The Morgan fingerprint density at radius 3 is 0.865 bits per heavy atom. The summed E-state index contributed by atoms with van der Waals surface area (Å²) in [5.74, 6) is 0.540. The summed E-state index contributed by atoms with van der Waals surface area (Å²) in [6.45, 7) is 0. The number of nitrogens with one attached hydrogen (secondary N) is 2. The fourth-order valence-corrected chi connectivity index (χ4v) is 7.28. The minimum absolute atomic E-state index is 0.175. The SMILES string of the molecule is Oc1ccc(-c2c3nc(c(-c4ccc(O)cc4)c4ccc([nH]4)c(-c4ccc(I)cc4)c4nc(c(-c5ccc(O)cc5)c5ccc2[nH]5)C=C4)C=C3)cc1. The predicted octanol–water partition coefficient (Wildman–Crippen LogP) is 11.0. The van der Waals surface area contributed by atoms with Gasteiger partial charge in [-0.1, -0.05) is 48.5 Å². The Kier molecular flexibility index (Phi) is 7.74. The maximum atomic E-state index is 10.2. The lowest BCUT2D eigenvalue weighted by atomic mass is 10.0. The molecule has 7 aromatic rings. The summed E-state index contributed by atoms with van der Waals surface area (Å²) in [6, 6.07) is 38.1. The molecule has 0 spiro atoms. The van der Waals surface area contributed by atoms with Gasteiger partial charge in [-0.25, -0.2) is 9.97 Å². The smallest absolute Gasteiger partial charge is 0.115 e. The van der Waals surface area contributed by atoms with Gasteiger partial charge in [0.05, 0.1) is 22.8 Å². The van der Waals surface area contributed by atoms with Gasteiger partial charge in [0.1, 0.15) is 17.2 Å². The van der Waals surface area contributed by atoms with Crippen molar-refractivity contribution in [3.8, 4) is 61.8 Å². The third-order valence-electron chi connectivity index (χ3n) is 9.35. The molecule has 2 aliphatic heterocycles. The van der Waals surface area contributed by atoms with Crippen LogP contribution in [-0.2, 0) is 0 Å². The number of hydrogen-bond acceptors (Lipinski definition) is 5. The van der Waals surface area contributed by atoms with E-state index in [0.717, 1.165) is 92.9 Å². The summed E-state index contributed by atoms with van der Waals surface area (Å²) >= 11 is 2.32. The van der Waals surface area contributed by atoms with E-state index >= 15 is 0 Å². The van der Waals surface area contributed by atoms with Crippen LogP contribution in [-0.4, -0.2) is 35.3 Å². The van der Waals surface area contributed by atoms with E-state index < -0.39 is 0 Å². The quantitative estimate of drug-likeness (QED) is 0.114. The number of phenolic OH excluding ortho intramolecular Hbond substituents is 3. The number of fused-ring (bicyclic) bond motifs is 8. The summed E-state index contributed by atoms with van der Waals surface area (Å²) in [5.41, 5.74) is 13.7. The van der Waals surface area contributed by atoms with Gasteiger partial charge >= 0.3 is 0 Å². The molecule has 3 aromatic heterocycles. The molecule has 5 heterocycles. The van der Waals surface area contributed by atoms with Crippen molar-refractivity contribution < 1.29 is 15.3 Å². The van der Waals surface area contributed by atoms with Gasteiger partial charge in [-0.05, 0) is 142 Å². The van der Waals surface area contributed by atoms with Crippen molar-refractivity contribution in [2.24, 2.45) is 0 Å². The normalized spacial score (nSPS) is 12.0. The molecular formula is C44H29IN4O3. The molecule has 0 aliphatic carbocycles. The zero-order valence-corrected chi connectivity index (χ0v) is 29.6. The number of aromatic amines is 2. The van der Waals surface area contributed by atoms with Crippen molar-refractivity contribution in [3.63, 3.8) is 0 Å². The highest BCUT2D eigenvalue weighted by Gasteiger charge is 2.19. The van der Waals surface area contributed by atoms with Crippen LogP contribution in [0.4, 0.5) is 0 Å². The Balaban J connectivity index is 1.47. The first-order valence-electron chi connectivity index (χ1n) is 16.7. The summed E-state index contributed by atoms with van der Waals surface area (Å²) in [5, 5.41) is 30.5. The lowest BCUT2D eigenvalue weighted by Gasteiger charge is -2.07. The third-order valence-corrected chi connectivity index (χ3v) is 10.1. The molecule has 2 aliphatic rings. The number of H-pyrrole nitrogens is 2. The average Bonchev–Trinajstić information content (AvgIpc) is 3.99. The predicted molar refractivity (Wildman–Crippen MR) is 218 cm³/mol. The minimum Gasteiger partial charge on any atom is -0.508 e. The highest BCUT2D eigenvalue weighted by Crippen LogP contribution is 2.39. The Morgan fingerprint density at radius 1 is 0.346 bits per heavy atom. The number of halogens is 1. The topological polar surface area (TPSA) is 118 Å². The zero-order valence-electron chi connectivity index (χ0n) is 27.5. The molecule has 0 saturated carbocycles. The van der Waals surface area contributed by atoms with Crippen LogP contribution in [0.3, 0.4) is 0 Å². The highest BCUT2D eigenvalue weighted by molar-refractivity contribution is 14.1. The highest BCUT2D eigenvalue weighted by atomic mass is 127. The van der Waals surface area contributed by atoms with Crippen molar-refractivity contribution in [1.82, 2.24) is 19.9 Å². The van der Waals surface area contributed by atoms with Crippen LogP contribution in [0.2, 0.25) is 0 Å². The fraction of sp³-hybridized carbons (Fsp3) is 0. The first kappa shape index (κ1) is 31.6. The molecule has 250 valence electrons. The van der Waals surface area contributed by atoms with Crippen molar-refractivity contribution in [2.75, 3.05) is 0 Å². The molecule has 7 nitrogen and oxygen atoms in total. The van der Waals surface area contributed by atoms with Crippen LogP contribution in [0.25, 0.3) is 90.9 Å². The third kappa shape index (κ3) is 5.72. The largest absolute Gasteiger partial charge is 0.508 e. The van der Waals surface area contributed by atoms with Gasteiger partial charge < -0.3 is 25.3 Å². The van der Waals surface area contributed by atoms with Crippen molar-refractivity contribution >= 4 is 69.0 Å². The second kappa shape index (κ2) is 12.7. The number of benzene rings is 4. The van der Waals surface area contributed by atoms with Crippen LogP contribution in [0.15, 0.2) is 121 Å². The molecule has 0 amide bonds. The lowest BCUT2D eigenvalue weighted by Crippen LogP contribution is -1.89. The lowest BCUT2D eigenvalue weighted by molar-refractivity contribution is 0.475. The van der Waals surface area contributed by atoms with E-state index in [9.17, 15) is 15.3 Å². The van der Waals surface area contributed by atoms with E-state index in [4.69, 9.17) is 9.97 Å². The molecule has 5 N–H and O–H groups in total. The molecule has 0 radical (unpaired) electrons. The molecule has 4 aromatic carbocycles. The summed E-state index contributed by atoms with van der Waals surface area (Å²) < 4.78 is 1.13. The second-order valence-corrected chi connectivity index (χ2v) is 13.9. The Morgan fingerprint density at radius 2 is 0.596 bits per heavy atom. The van der Waals surface area contributed by atoms with Gasteiger partial charge in [0.25, 0.3) is 0 Å². The first-order chi connectivity index (χ1) is 25.4. The van der Waals surface area contributed by atoms with Crippen LogP contribution in [0.1, 0.15) is 22.8 Å². The van der Waals surface area contributed by atoms with Gasteiger partial charge in [-0.15, -0.1) is 0 Å². The van der Waals surface area contributed by atoms with E-state index in [2.05, 4.69) is 75.0 Å². The number of hydrogen-bond donors (Lipinski definition) is 5. The fourth-order valence-electron chi connectivity index (χ4n) is 6.92. The number of phenols is 3. The van der Waals surface area contributed by atoms with Crippen molar-refractivity contribution in [2.45, 2.75) is 0 Å². The van der Waals surface area contributed by atoms with Crippen LogP contribution >= 0.6 is 22.6 Å². The molecule has 8 heteroatoms. The van der Waals surface area contributed by atoms with Crippen molar-refractivity contribution in [1.29, 1.82) is 0 Å². The van der Waals surface area contributed by atoms with E-state index in [1.54, 1.807) is 36.4 Å². The van der Waals surface area contributed by atoms with Crippen LogP contribution in [0.5, 0.6) is 17.2 Å². The monoisotopic (exact) mass is 788 g/mol. The zero-order chi connectivity index (χ0) is 35.3. The van der Waals surface area contributed by atoms with Crippen molar-refractivity contribution in [3.05, 3.63) is 148 Å². The second-order valence-electron chi connectivity index (χ2n) is 12.7. The molecule has 52 heavy (non-hydrogen) atoms. The van der Waals surface area contributed by atoms with E-state index in [1.807, 2.05) is 66.8 Å². The van der Waals surface area contributed by atoms with E-state index in [-0.39, 0.29) is 17.2 Å². The summed E-state index contributed by atoms with van der Waals surface area (Å²) in [4.78, 5) is 18.0. The number of aromatic nitrogens is 4. The maximum absolute atomic E-state index is 10.2. The van der Waals surface area contributed by atoms with Gasteiger partial charge in [-0.2, -0.15) is 0 Å². The molecular weight excluding hydrogens is 759 g/mol. The average molecular weight is 789 g/mol. The van der Waals surface area contributed by atoms with Crippen LogP contribution in [0, 0.1) is 3.57 Å². The molecule has 0 atom stereocenters. The standard InChI is InChI=1S/C44H29IN4O3/c45-29-9-1-25(2-10-29)41-33-17-19-35(46-33)42(26-3-11-30(50)12-4-26)37-21-23-39(48-37)44(28-7-15-32(52)16-8-28)40-24-22-38(49-40)43(36-20-18-34(41)47-36)27-5-13-31(51)14-6-27/h1-24,46,49-52H. The van der Waals surface area contributed by atoms with Gasteiger partial charge in [0, 0.05) is 47.9 Å². The van der Waals surface area contributed by atoms with Gasteiger partial charge in [0.15, 0.2) is 0 Å². The number of rotatable bonds is 4. The Hall–Kier alpha value is -6.39. The van der Waals surface area contributed by atoms with Gasteiger partial charge in [0.2, 0.25) is 0 Å². The Labute approximate surface area is 312 Å². The number of nitrogens with zero attached hydrogens (tertiary/aromatic N) is 2. The number of aromatic hydroxyl groups is 3. The maximum Gasteiger partial charge on any atom is 0.115 e. The molecule has 0 saturated heterocycles. The first-order valence-corrected chi connectivity index (χ1v) is 17.8. The molecule has 9 rings (SSSR count). The molecule has 8 bridgehead atoms. The van der Waals surface area contributed by atoms with Crippen LogP contribution < -0.4 is 0 Å². The van der Waals surface area contributed by atoms with E-state index in [1.165, 1.54) is 0 Å².